The molecule has 0 spiro atoms. The Morgan fingerprint density at radius 2 is 2.08 bits per heavy atom. The van der Waals surface area contributed by atoms with E-state index in [2.05, 4.69) is 32.9 Å². The Balaban J connectivity index is 2.08. The fourth-order valence-corrected chi connectivity index (χ4v) is 1.81. The highest BCUT2D eigenvalue weighted by Crippen LogP contribution is 2.39. The van der Waals surface area contributed by atoms with Crippen molar-refractivity contribution in [1.82, 2.24) is 0 Å². The Morgan fingerprint density at radius 3 is 2.50 bits per heavy atom. The molecule has 66 valence electrons. The van der Waals surface area contributed by atoms with E-state index in [0.29, 0.717) is 5.92 Å². The van der Waals surface area contributed by atoms with Gasteiger partial charge in [0.05, 0.1) is 0 Å². The quantitative estimate of drug-likeness (QED) is 0.578. The zero-order chi connectivity index (χ0) is 8.77. The summed E-state index contributed by atoms with van der Waals surface area (Å²) in [6, 6.07) is 0. The molecule has 0 aromatic heterocycles. The average molecular weight is 164 g/mol. The van der Waals surface area contributed by atoms with Crippen molar-refractivity contribution >= 4 is 0 Å². The van der Waals surface area contributed by atoms with Crippen molar-refractivity contribution in [2.75, 3.05) is 0 Å². The third-order valence-electron chi connectivity index (χ3n) is 2.26. The van der Waals surface area contributed by atoms with Gasteiger partial charge in [0.15, 0.2) is 0 Å². The molecule has 0 heterocycles. The second-order valence-electron chi connectivity index (χ2n) is 4.64. The summed E-state index contributed by atoms with van der Waals surface area (Å²) < 4.78 is 5.83. The van der Waals surface area contributed by atoms with Crippen molar-refractivity contribution < 1.29 is 4.74 Å². The molecule has 2 aliphatic carbocycles. The molecular formula is C11H16O. The Kier molecular flexibility index (Phi) is 1.57. The van der Waals surface area contributed by atoms with E-state index in [1.807, 2.05) is 0 Å². The van der Waals surface area contributed by atoms with Gasteiger partial charge in [-0.15, -0.1) is 0 Å². The summed E-state index contributed by atoms with van der Waals surface area (Å²) in [5, 5.41) is 0. The maximum absolute atomic E-state index is 5.83. The maximum Gasteiger partial charge on any atom is 0.119 e. The molecule has 0 amide bonds. The Labute approximate surface area is 74.1 Å². The highest BCUT2D eigenvalue weighted by molar-refractivity contribution is 5.39. The average Bonchev–Trinajstić information content (AvgIpc) is 2.42. The van der Waals surface area contributed by atoms with E-state index in [1.165, 1.54) is 18.4 Å². The molecule has 0 radical (unpaired) electrons. The van der Waals surface area contributed by atoms with Gasteiger partial charge in [-0.1, -0.05) is 6.08 Å². The molecule has 1 nitrogen and oxygen atoms in total. The molecule has 0 N–H and O–H groups in total. The Morgan fingerprint density at radius 1 is 1.33 bits per heavy atom. The van der Waals surface area contributed by atoms with Crippen LogP contribution in [0.3, 0.4) is 0 Å². The molecular weight excluding hydrogens is 148 g/mol. The monoisotopic (exact) mass is 164 g/mol. The summed E-state index contributed by atoms with van der Waals surface area (Å²) >= 11 is 0. The van der Waals surface area contributed by atoms with Crippen LogP contribution in [0.5, 0.6) is 0 Å². The normalized spacial score (nSPS) is 27.1. The standard InChI is InChI=1S/C11H16O/c1-11(2,3)12-10-7-8-4-5-9(10)6-8/h6-8H,4-5H2,1-3H3. The molecule has 0 aromatic carbocycles. The highest BCUT2D eigenvalue weighted by atomic mass is 16.5. The molecule has 12 heavy (non-hydrogen) atoms. The van der Waals surface area contributed by atoms with Gasteiger partial charge < -0.3 is 4.74 Å². The molecule has 0 saturated heterocycles. The van der Waals surface area contributed by atoms with E-state index in [-0.39, 0.29) is 5.60 Å². The Bertz CT molecular complexity index is 253. The molecule has 0 aromatic rings. The van der Waals surface area contributed by atoms with Crippen LogP contribution in [-0.4, -0.2) is 5.60 Å². The highest BCUT2D eigenvalue weighted by Gasteiger charge is 2.27. The number of ether oxygens (including phenoxy) is 1. The van der Waals surface area contributed by atoms with Gasteiger partial charge in [-0.25, -0.2) is 0 Å². The minimum atomic E-state index is -0.0445. The first-order chi connectivity index (χ1) is 5.54. The smallest absolute Gasteiger partial charge is 0.119 e. The molecule has 2 bridgehead atoms. The first-order valence-corrected chi connectivity index (χ1v) is 4.66. The summed E-state index contributed by atoms with van der Waals surface area (Å²) in [4.78, 5) is 0. The van der Waals surface area contributed by atoms with Crippen molar-refractivity contribution in [1.29, 1.82) is 0 Å². The summed E-state index contributed by atoms with van der Waals surface area (Å²) in [5.74, 6) is 1.82. The topological polar surface area (TPSA) is 9.23 Å². The van der Waals surface area contributed by atoms with Gasteiger partial charge in [-0.3, -0.25) is 0 Å². The summed E-state index contributed by atoms with van der Waals surface area (Å²) in [7, 11) is 0. The van der Waals surface area contributed by atoms with Gasteiger partial charge in [0.1, 0.15) is 11.4 Å². The predicted molar refractivity (Wildman–Crippen MR) is 49.7 cm³/mol. The van der Waals surface area contributed by atoms with Crippen LogP contribution in [0.15, 0.2) is 23.5 Å². The van der Waals surface area contributed by atoms with Crippen LogP contribution in [0.4, 0.5) is 0 Å². The molecule has 2 rings (SSSR count). The van der Waals surface area contributed by atoms with Crippen LogP contribution in [0.2, 0.25) is 0 Å². The zero-order valence-electron chi connectivity index (χ0n) is 8.05. The third-order valence-corrected chi connectivity index (χ3v) is 2.26. The molecule has 0 fully saturated rings. The zero-order valence-corrected chi connectivity index (χ0v) is 8.05. The van der Waals surface area contributed by atoms with E-state index in [0.717, 1.165) is 5.76 Å². The van der Waals surface area contributed by atoms with Gasteiger partial charge in [-0.2, -0.15) is 0 Å². The van der Waals surface area contributed by atoms with Crippen LogP contribution < -0.4 is 0 Å². The maximum atomic E-state index is 5.83. The summed E-state index contributed by atoms with van der Waals surface area (Å²) in [6.45, 7) is 6.29. The minimum Gasteiger partial charge on any atom is -0.488 e. The van der Waals surface area contributed by atoms with Crippen molar-refractivity contribution in [3.05, 3.63) is 23.5 Å². The van der Waals surface area contributed by atoms with Crippen LogP contribution in [0, 0.1) is 5.92 Å². The number of hydrogen-bond donors (Lipinski definition) is 0. The van der Waals surface area contributed by atoms with Crippen molar-refractivity contribution in [3.63, 3.8) is 0 Å². The van der Waals surface area contributed by atoms with Gasteiger partial charge in [0.25, 0.3) is 0 Å². The summed E-state index contributed by atoms with van der Waals surface area (Å²) in [6.07, 6.45) is 7.10. The molecule has 1 heteroatoms. The largest absolute Gasteiger partial charge is 0.488 e. The second kappa shape index (κ2) is 2.38. The molecule has 1 atom stereocenters. The SMILES string of the molecule is CC(C)(C)OC1=CC2C=C1CC2. The number of allylic oxidation sites excluding steroid dienone is 3. The minimum absolute atomic E-state index is 0.0445. The van der Waals surface area contributed by atoms with Gasteiger partial charge in [-0.05, 0) is 51.2 Å². The van der Waals surface area contributed by atoms with Gasteiger partial charge in [0.2, 0.25) is 0 Å². The molecule has 1 unspecified atom stereocenters. The predicted octanol–water partition coefficient (Wildman–Crippen LogP) is 3.04. The van der Waals surface area contributed by atoms with Crippen LogP contribution in [0.1, 0.15) is 33.6 Å². The van der Waals surface area contributed by atoms with Crippen molar-refractivity contribution in [3.8, 4) is 0 Å². The van der Waals surface area contributed by atoms with Crippen LogP contribution in [-0.2, 0) is 4.74 Å². The summed E-state index contributed by atoms with van der Waals surface area (Å²) in [5.41, 5.74) is 1.38. The molecule has 0 saturated carbocycles. The van der Waals surface area contributed by atoms with Crippen molar-refractivity contribution in [2.45, 2.75) is 39.2 Å². The molecule has 0 aliphatic heterocycles. The lowest BCUT2D eigenvalue weighted by molar-refractivity contribution is 0.0558. The van der Waals surface area contributed by atoms with E-state index in [9.17, 15) is 0 Å². The lowest BCUT2D eigenvalue weighted by atomic mass is 10.0. The Hall–Kier alpha value is -0.720. The van der Waals surface area contributed by atoms with Gasteiger partial charge in [0, 0.05) is 0 Å². The second-order valence-corrected chi connectivity index (χ2v) is 4.64. The first-order valence-electron chi connectivity index (χ1n) is 4.66. The number of fused-ring (bicyclic) bond motifs is 1. The van der Waals surface area contributed by atoms with E-state index >= 15 is 0 Å². The first kappa shape index (κ1) is 7.90. The fourth-order valence-electron chi connectivity index (χ4n) is 1.81. The number of rotatable bonds is 1. The lowest BCUT2D eigenvalue weighted by Crippen LogP contribution is -2.19. The van der Waals surface area contributed by atoms with Crippen LogP contribution in [0.25, 0.3) is 0 Å². The molecule has 2 aliphatic rings. The van der Waals surface area contributed by atoms with E-state index in [4.69, 9.17) is 4.74 Å². The van der Waals surface area contributed by atoms with Crippen molar-refractivity contribution in [2.24, 2.45) is 5.92 Å². The van der Waals surface area contributed by atoms with E-state index in [1.54, 1.807) is 0 Å². The lowest BCUT2D eigenvalue weighted by Gasteiger charge is -2.24. The van der Waals surface area contributed by atoms with Crippen LogP contribution >= 0.6 is 0 Å². The van der Waals surface area contributed by atoms with E-state index < -0.39 is 0 Å². The van der Waals surface area contributed by atoms with Gasteiger partial charge >= 0.3 is 0 Å². The number of hydrogen-bond acceptors (Lipinski definition) is 1. The fraction of sp³-hybridized carbons (Fsp3) is 0.636. The third kappa shape index (κ3) is 1.40.